The Kier molecular flexibility index (Phi) is 6.51. The maximum Gasteiger partial charge on any atom is 0.183 e. The fourth-order valence-corrected chi connectivity index (χ4v) is 6.84. The van der Waals surface area contributed by atoms with Gasteiger partial charge in [-0.25, -0.2) is 22.8 Å². The minimum absolute atomic E-state index is 0.0802. The monoisotopic (exact) mass is 530 g/mol. The van der Waals surface area contributed by atoms with Crippen LogP contribution in [-0.2, 0) is 14.6 Å². The van der Waals surface area contributed by atoms with Crippen molar-refractivity contribution in [1.29, 1.82) is 0 Å². The van der Waals surface area contributed by atoms with E-state index in [1.165, 1.54) is 6.33 Å². The van der Waals surface area contributed by atoms with E-state index < -0.39 is 15.7 Å². The molecule has 3 fully saturated rings. The van der Waals surface area contributed by atoms with Crippen LogP contribution in [0.2, 0.25) is 0 Å². The molecular formula is C25H31FN6O4S. The van der Waals surface area contributed by atoms with Crippen molar-refractivity contribution >= 4 is 26.7 Å². The Morgan fingerprint density at radius 2 is 2.00 bits per heavy atom. The molecule has 3 aromatic rings. The third-order valence-electron chi connectivity index (χ3n) is 7.68. The number of aromatic nitrogens is 3. The molecule has 3 aliphatic rings. The van der Waals surface area contributed by atoms with Crippen LogP contribution in [0.3, 0.4) is 0 Å². The number of nitrogens with zero attached hydrogens (tertiary/aromatic N) is 4. The number of sulfone groups is 1. The van der Waals surface area contributed by atoms with Crippen LogP contribution in [0.1, 0.15) is 31.7 Å². The Bertz CT molecular complexity index is 1390. The number of hydroxylamine groups is 1. The second-order valence-corrected chi connectivity index (χ2v) is 12.5. The first-order chi connectivity index (χ1) is 17.9. The van der Waals surface area contributed by atoms with Gasteiger partial charge in [0.25, 0.3) is 0 Å². The molecule has 0 spiro atoms. The van der Waals surface area contributed by atoms with Crippen molar-refractivity contribution in [2.75, 3.05) is 43.5 Å². The lowest BCUT2D eigenvalue weighted by atomic mass is 9.79. The number of hydrogen-bond donors (Lipinski definition) is 2. The third kappa shape index (κ3) is 4.90. The first-order valence-electron chi connectivity index (χ1n) is 12.7. The first kappa shape index (κ1) is 24.5. The molecule has 1 aliphatic carbocycles. The summed E-state index contributed by atoms with van der Waals surface area (Å²) in [6.45, 7) is 2.75. The molecule has 4 heterocycles. The number of anilines is 1. The van der Waals surface area contributed by atoms with E-state index in [1.54, 1.807) is 18.2 Å². The van der Waals surface area contributed by atoms with E-state index >= 15 is 4.39 Å². The zero-order chi connectivity index (χ0) is 25.6. The topological polar surface area (TPSA) is 125 Å². The van der Waals surface area contributed by atoms with E-state index in [0.29, 0.717) is 53.6 Å². The number of halogens is 1. The Labute approximate surface area is 214 Å². The predicted octanol–water partition coefficient (Wildman–Crippen LogP) is 2.52. The molecule has 6 rings (SSSR count). The van der Waals surface area contributed by atoms with Gasteiger partial charge in [-0.2, -0.15) is 0 Å². The van der Waals surface area contributed by atoms with Crippen molar-refractivity contribution in [1.82, 2.24) is 24.9 Å². The highest BCUT2D eigenvalue weighted by Crippen LogP contribution is 2.44. The lowest BCUT2D eigenvalue weighted by Crippen LogP contribution is -2.44. The number of nitrogens with one attached hydrogen (secondary N) is 1. The van der Waals surface area contributed by atoms with Crippen molar-refractivity contribution in [3.05, 3.63) is 36.5 Å². The zero-order valence-corrected chi connectivity index (χ0v) is 21.3. The molecule has 1 atom stereocenters. The fraction of sp³-hybridized carbons (Fsp3) is 0.520. The summed E-state index contributed by atoms with van der Waals surface area (Å²) in [6.07, 6.45) is 6.71. The second-order valence-electron chi connectivity index (χ2n) is 10.2. The number of fused-ring (bicyclic) bond motifs is 1. The van der Waals surface area contributed by atoms with Crippen LogP contribution in [0.15, 0.2) is 30.7 Å². The molecule has 10 nitrogen and oxygen atoms in total. The minimum Gasteiger partial charge on any atom is -0.403 e. The average molecular weight is 531 g/mol. The van der Waals surface area contributed by atoms with Crippen LogP contribution in [-0.4, -0.2) is 71.8 Å². The summed E-state index contributed by atoms with van der Waals surface area (Å²) in [5.74, 6) is 0.833. The molecule has 0 bridgehead atoms. The van der Waals surface area contributed by atoms with E-state index in [-0.39, 0.29) is 29.5 Å². The van der Waals surface area contributed by atoms with Crippen molar-refractivity contribution in [2.45, 2.75) is 38.0 Å². The summed E-state index contributed by atoms with van der Waals surface area (Å²) in [4.78, 5) is 16.5. The summed E-state index contributed by atoms with van der Waals surface area (Å²) in [7, 11) is -2.88. The highest BCUT2D eigenvalue weighted by Gasteiger charge is 2.35. The Balaban J connectivity index is 1.22. The molecule has 0 radical (unpaired) electrons. The van der Waals surface area contributed by atoms with Gasteiger partial charge in [0.1, 0.15) is 24.0 Å². The average Bonchev–Trinajstić information content (AvgIpc) is 3.50. The fourth-order valence-electron chi connectivity index (χ4n) is 5.56. The summed E-state index contributed by atoms with van der Waals surface area (Å²) in [6, 6.07) is 5.22. The Hall–Kier alpha value is -2.80. The summed E-state index contributed by atoms with van der Waals surface area (Å²) < 4.78 is 46.6. The lowest BCUT2D eigenvalue weighted by molar-refractivity contribution is -0.00337. The molecule has 1 aromatic carbocycles. The van der Waals surface area contributed by atoms with Crippen molar-refractivity contribution in [2.24, 2.45) is 5.92 Å². The second kappa shape index (κ2) is 9.82. The molecule has 198 valence electrons. The molecule has 2 aliphatic heterocycles. The highest BCUT2D eigenvalue weighted by molar-refractivity contribution is 7.91. The Morgan fingerprint density at radius 3 is 2.76 bits per heavy atom. The molecule has 1 saturated carbocycles. The van der Waals surface area contributed by atoms with Gasteiger partial charge in [-0.1, -0.05) is 12.1 Å². The van der Waals surface area contributed by atoms with Gasteiger partial charge in [0.15, 0.2) is 21.4 Å². The molecule has 2 saturated heterocycles. The van der Waals surface area contributed by atoms with Crippen LogP contribution in [0, 0.1) is 11.7 Å². The van der Waals surface area contributed by atoms with E-state index in [1.807, 2.05) is 6.20 Å². The van der Waals surface area contributed by atoms with Gasteiger partial charge < -0.3 is 24.8 Å². The molecule has 1 unspecified atom stereocenters. The van der Waals surface area contributed by atoms with Crippen molar-refractivity contribution in [3.63, 3.8) is 0 Å². The molecule has 2 aromatic heterocycles. The normalized spacial score (nSPS) is 25.8. The van der Waals surface area contributed by atoms with Crippen LogP contribution < -0.4 is 16.1 Å². The van der Waals surface area contributed by atoms with Crippen molar-refractivity contribution in [3.8, 4) is 16.9 Å². The van der Waals surface area contributed by atoms with Gasteiger partial charge in [-0.3, -0.25) is 0 Å². The quantitative estimate of drug-likeness (QED) is 0.443. The number of ether oxygens (including phenoxy) is 1. The Morgan fingerprint density at radius 1 is 1.19 bits per heavy atom. The number of hydrogen-bond acceptors (Lipinski definition) is 9. The van der Waals surface area contributed by atoms with E-state index in [4.69, 9.17) is 15.3 Å². The van der Waals surface area contributed by atoms with E-state index in [9.17, 15) is 8.42 Å². The predicted molar refractivity (Wildman–Crippen MR) is 137 cm³/mol. The molecule has 0 amide bonds. The van der Waals surface area contributed by atoms with Crippen LogP contribution in [0.4, 0.5) is 10.2 Å². The maximum atomic E-state index is 15.6. The summed E-state index contributed by atoms with van der Waals surface area (Å²) in [5.41, 5.74) is 10.7. The smallest absolute Gasteiger partial charge is 0.183 e. The largest absolute Gasteiger partial charge is 0.403 e. The van der Waals surface area contributed by atoms with Crippen molar-refractivity contribution < 1.29 is 22.4 Å². The standard InChI is InChI=1S/C25H31FN6O4S/c26-23-18(3-1-4-20(23)36-30-21-5-2-8-35-21)19-14-32(25-22(19)24(27)28-15-29-25)17-11-16(12-17)13-31-6-9-37(33,34)10-7-31/h1,3-4,14-17,21,30H,2,5-13H2,(H2,27,28,29). The maximum absolute atomic E-state index is 15.6. The first-order valence-corrected chi connectivity index (χ1v) is 14.6. The molecule has 3 N–H and O–H groups in total. The third-order valence-corrected chi connectivity index (χ3v) is 9.29. The van der Waals surface area contributed by atoms with Crippen LogP contribution in [0.5, 0.6) is 5.75 Å². The summed E-state index contributed by atoms with van der Waals surface area (Å²) >= 11 is 0. The number of nitrogen functional groups attached to an aromatic ring is 1. The number of nitrogens with two attached hydrogens (primary N) is 1. The highest BCUT2D eigenvalue weighted by atomic mass is 32.2. The lowest BCUT2D eigenvalue weighted by Gasteiger charge is -2.40. The minimum atomic E-state index is -2.88. The zero-order valence-electron chi connectivity index (χ0n) is 20.5. The molecular weight excluding hydrogens is 499 g/mol. The SMILES string of the molecule is Nc1ncnc2c1c(-c1cccc(ONC3CCCO3)c1F)cn2C1CC(CN2CCS(=O)(=O)CC2)C1. The number of rotatable bonds is 7. The van der Waals surface area contributed by atoms with Crippen LogP contribution >= 0.6 is 0 Å². The van der Waals surface area contributed by atoms with Crippen LogP contribution in [0.25, 0.3) is 22.2 Å². The van der Waals surface area contributed by atoms with Gasteiger partial charge in [0, 0.05) is 49.6 Å². The van der Waals surface area contributed by atoms with Gasteiger partial charge in [0.2, 0.25) is 0 Å². The van der Waals surface area contributed by atoms with E-state index in [0.717, 1.165) is 32.2 Å². The van der Waals surface area contributed by atoms with Gasteiger partial charge in [-0.15, -0.1) is 5.48 Å². The molecule has 37 heavy (non-hydrogen) atoms. The summed E-state index contributed by atoms with van der Waals surface area (Å²) in [5, 5.41) is 0.621. The number of benzene rings is 1. The van der Waals surface area contributed by atoms with Gasteiger partial charge in [0.05, 0.1) is 16.9 Å². The van der Waals surface area contributed by atoms with Gasteiger partial charge >= 0.3 is 0 Å². The molecule has 12 heteroatoms. The van der Waals surface area contributed by atoms with E-state index in [2.05, 4.69) is 24.9 Å². The van der Waals surface area contributed by atoms with Gasteiger partial charge in [-0.05, 0) is 37.7 Å².